The van der Waals surface area contributed by atoms with Crippen LogP contribution in [0.3, 0.4) is 0 Å². The van der Waals surface area contributed by atoms with E-state index in [4.69, 9.17) is 11.6 Å². The summed E-state index contributed by atoms with van der Waals surface area (Å²) in [5, 5.41) is 2.09. The highest BCUT2D eigenvalue weighted by Crippen LogP contribution is 2.54. The summed E-state index contributed by atoms with van der Waals surface area (Å²) in [4.78, 5) is 21.6. The predicted octanol–water partition coefficient (Wildman–Crippen LogP) is 3.08. The molecule has 0 bridgehead atoms. The topological polar surface area (TPSA) is 47.3 Å². The van der Waals surface area contributed by atoms with Crippen molar-refractivity contribution in [3.8, 4) is 0 Å². The van der Waals surface area contributed by atoms with Gasteiger partial charge in [-0.15, -0.1) is 11.3 Å². The molecule has 3 heterocycles. The third-order valence-corrected chi connectivity index (χ3v) is 4.80. The van der Waals surface area contributed by atoms with Gasteiger partial charge in [0.05, 0.1) is 5.69 Å². The fourth-order valence-electron chi connectivity index (χ4n) is 2.58. The maximum atomic E-state index is 12.2. The van der Waals surface area contributed by atoms with Crippen molar-refractivity contribution in [2.75, 3.05) is 0 Å². The highest BCUT2D eigenvalue weighted by atomic mass is 35.5. The van der Waals surface area contributed by atoms with Gasteiger partial charge in [-0.1, -0.05) is 17.7 Å². The van der Waals surface area contributed by atoms with Gasteiger partial charge in [-0.05, 0) is 24.0 Å². The molecule has 3 aromatic rings. The molecular weight excluding hydrogens is 294 g/mol. The van der Waals surface area contributed by atoms with Crippen LogP contribution in [-0.4, -0.2) is 14.4 Å². The summed E-state index contributed by atoms with van der Waals surface area (Å²) in [5.41, 5.74) is 1.74. The molecule has 1 aliphatic rings. The maximum Gasteiger partial charge on any atom is 0.277 e. The number of aromatic nitrogens is 3. The first-order valence-corrected chi connectivity index (χ1v) is 7.56. The number of nitrogens with zero attached hydrogens (tertiary/aromatic N) is 3. The van der Waals surface area contributed by atoms with Crippen molar-refractivity contribution in [2.24, 2.45) is 0 Å². The van der Waals surface area contributed by atoms with Crippen LogP contribution in [0.4, 0.5) is 0 Å². The Hall–Kier alpha value is -1.72. The third-order valence-electron chi connectivity index (χ3n) is 3.69. The van der Waals surface area contributed by atoms with Gasteiger partial charge in [-0.25, -0.2) is 4.98 Å². The molecule has 1 fully saturated rings. The molecule has 3 aromatic heterocycles. The normalized spacial score (nSPS) is 21.2. The molecule has 20 heavy (non-hydrogen) atoms. The zero-order valence-corrected chi connectivity index (χ0v) is 11.9. The van der Waals surface area contributed by atoms with Crippen molar-refractivity contribution in [3.05, 3.63) is 62.7 Å². The van der Waals surface area contributed by atoms with E-state index in [1.165, 1.54) is 21.3 Å². The van der Waals surface area contributed by atoms with Crippen LogP contribution in [0.15, 0.2) is 40.9 Å². The van der Waals surface area contributed by atoms with E-state index in [9.17, 15) is 4.79 Å². The molecule has 4 rings (SSSR count). The zero-order chi connectivity index (χ0) is 13.7. The second-order valence-corrected chi connectivity index (χ2v) is 6.16. The summed E-state index contributed by atoms with van der Waals surface area (Å²) >= 11 is 7.66. The summed E-state index contributed by atoms with van der Waals surface area (Å²) in [6.07, 6.45) is 6.31. The molecule has 4 nitrogen and oxygen atoms in total. The lowest BCUT2D eigenvalue weighted by molar-refractivity contribution is 0.937. The van der Waals surface area contributed by atoms with Gasteiger partial charge in [0.25, 0.3) is 5.56 Å². The third kappa shape index (κ3) is 1.77. The summed E-state index contributed by atoms with van der Waals surface area (Å²) in [5.74, 6) is 0.599. The lowest BCUT2D eigenvalue weighted by atomic mass is 10.1. The molecule has 0 radical (unpaired) electrons. The lowest BCUT2D eigenvalue weighted by Crippen LogP contribution is -2.15. The van der Waals surface area contributed by atoms with E-state index in [0.717, 1.165) is 12.1 Å². The quantitative estimate of drug-likeness (QED) is 0.731. The Morgan fingerprint density at radius 1 is 1.40 bits per heavy atom. The molecule has 0 amide bonds. The average molecular weight is 304 g/mol. The molecule has 0 unspecified atom stereocenters. The summed E-state index contributed by atoms with van der Waals surface area (Å²) in [6.45, 7) is 0. The molecule has 0 spiro atoms. The molecule has 0 N–H and O–H groups in total. The smallest absolute Gasteiger partial charge is 0.267 e. The SMILES string of the molecule is O=c1c(Cl)c([C@@H]2C[C@H]2c2cccnc2)nc2sccn12. The van der Waals surface area contributed by atoms with Crippen LogP contribution in [0.2, 0.25) is 5.02 Å². The van der Waals surface area contributed by atoms with Gasteiger partial charge >= 0.3 is 0 Å². The number of rotatable bonds is 2. The zero-order valence-electron chi connectivity index (χ0n) is 10.4. The Balaban J connectivity index is 1.77. The largest absolute Gasteiger partial charge is 0.277 e. The molecule has 0 aromatic carbocycles. The van der Waals surface area contributed by atoms with E-state index in [-0.39, 0.29) is 16.5 Å². The maximum absolute atomic E-state index is 12.2. The second-order valence-electron chi connectivity index (χ2n) is 4.91. The van der Waals surface area contributed by atoms with E-state index >= 15 is 0 Å². The van der Waals surface area contributed by atoms with E-state index < -0.39 is 0 Å². The minimum atomic E-state index is -0.176. The first-order chi connectivity index (χ1) is 9.75. The molecule has 0 saturated heterocycles. The molecule has 2 atom stereocenters. The molecule has 0 aliphatic heterocycles. The number of pyridine rings is 1. The molecular formula is C14H10ClN3OS. The van der Waals surface area contributed by atoms with Gasteiger partial charge in [0.2, 0.25) is 0 Å². The van der Waals surface area contributed by atoms with E-state index in [0.29, 0.717) is 10.9 Å². The van der Waals surface area contributed by atoms with Crippen molar-refractivity contribution < 1.29 is 0 Å². The van der Waals surface area contributed by atoms with Gasteiger partial charge < -0.3 is 0 Å². The van der Waals surface area contributed by atoms with Gasteiger partial charge in [-0.2, -0.15) is 0 Å². The van der Waals surface area contributed by atoms with Crippen LogP contribution in [0.25, 0.3) is 4.96 Å². The Kier molecular flexibility index (Phi) is 2.65. The van der Waals surface area contributed by atoms with Crippen LogP contribution >= 0.6 is 22.9 Å². The van der Waals surface area contributed by atoms with Crippen molar-refractivity contribution in [1.82, 2.24) is 14.4 Å². The Morgan fingerprint density at radius 3 is 3.10 bits per heavy atom. The van der Waals surface area contributed by atoms with E-state index in [1.54, 1.807) is 12.4 Å². The average Bonchev–Trinajstić information content (AvgIpc) is 3.13. The fraction of sp³-hybridized carbons (Fsp3) is 0.214. The number of fused-ring (bicyclic) bond motifs is 1. The first-order valence-electron chi connectivity index (χ1n) is 6.31. The Labute approximate surface area is 123 Å². The lowest BCUT2D eigenvalue weighted by Gasteiger charge is -2.03. The number of thiazole rings is 1. The van der Waals surface area contributed by atoms with Gasteiger partial charge in [0.15, 0.2) is 4.96 Å². The van der Waals surface area contributed by atoms with Crippen LogP contribution < -0.4 is 5.56 Å². The summed E-state index contributed by atoms with van der Waals surface area (Å²) in [7, 11) is 0. The van der Waals surface area contributed by atoms with Gasteiger partial charge in [0, 0.05) is 29.9 Å². The molecule has 1 aliphatic carbocycles. The minimum absolute atomic E-state index is 0.176. The van der Waals surface area contributed by atoms with E-state index in [2.05, 4.69) is 16.0 Å². The number of halogens is 1. The monoisotopic (exact) mass is 303 g/mol. The van der Waals surface area contributed by atoms with Crippen LogP contribution in [0, 0.1) is 0 Å². The first kappa shape index (κ1) is 12.1. The van der Waals surface area contributed by atoms with Crippen molar-refractivity contribution >= 4 is 27.9 Å². The highest BCUT2D eigenvalue weighted by Gasteiger charge is 2.42. The van der Waals surface area contributed by atoms with Crippen LogP contribution in [0.5, 0.6) is 0 Å². The standard InChI is InChI=1S/C14H10ClN3OS/c15-11-12(17-14-18(13(11)19)4-5-20-14)10-6-9(10)8-2-1-3-16-7-8/h1-5,7,9-10H,6H2/t9-,10+/m0/s1. The van der Waals surface area contributed by atoms with Crippen LogP contribution in [0.1, 0.15) is 29.5 Å². The Morgan fingerprint density at radius 2 is 2.30 bits per heavy atom. The predicted molar refractivity (Wildman–Crippen MR) is 78.7 cm³/mol. The van der Waals surface area contributed by atoms with E-state index in [1.807, 2.05) is 17.6 Å². The molecule has 1 saturated carbocycles. The highest BCUT2D eigenvalue weighted by molar-refractivity contribution is 7.15. The summed E-state index contributed by atoms with van der Waals surface area (Å²) in [6, 6.07) is 3.99. The minimum Gasteiger partial charge on any atom is -0.267 e. The van der Waals surface area contributed by atoms with Crippen molar-refractivity contribution in [2.45, 2.75) is 18.3 Å². The van der Waals surface area contributed by atoms with Crippen molar-refractivity contribution in [3.63, 3.8) is 0 Å². The molecule has 100 valence electrons. The fourth-order valence-corrected chi connectivity index (χ4v) is 3.57. The summed E-state index contributed by atoms with van der Waals surface area (Å²) < 4.78 is 1.50. The Bertz CT molecular complexity index is 842. The number of hydrogen-bond donors (Lipinski definition) is 0. The van der Waals surface area contributed by atoms with Crippen LogP contribution in [-0.2, 0) is 0 Å². The number of hydrogen-bond acceptors (Lipinski definition) is 4. The van der Waals surface area contributed by atoms with Gasteiger partial charge in [0.1, 0.15) is 5.02 Å². The molecule has 6 heteroatoms. The van der Waals surface area contributed by atoms with Crippen molar-refractivity contribution in [1.29, 1.82) is 0 Å². The van der Waals surface area contributed by atoms with Gasteiger partial charge in [-0.3, -0.25) is 14.2 Å². The second kappa shape index (κ2) is 4.40.